The van der Waals surface area contributed by atoms with Crippen LogP contribution in [-0.2, 0) is 5.41 Å². The number of alkyl halides is 1. The molecule has 4 nitrogen and oxygen atoms in total. The Morgan fingerprint density at radius 3 is 2.44 bits per heavy atom. The van der Waals surface area contributed by atoms with Crippen LogP contribution in [0.1, 0.15) is 45.7 Å². The van der Waals surface area contributed by atoms with Crippen LogP contribution in [0.15, 0.2) is 42.0 Å². The summed E-state index contributed by atoms with van der Waals surface area (Å²) in [5.41, 5.74) is 5.57. The highest BCUT2D eigenvalue weighted by molar-refractivity contribution is 6.49. The van der Waals surface area contributed by atoms with Crippen molar-refractivity contribution in [3.63, 3.8) is 0 Å². The number of phenols is 1. The van der Waals surface area contributed by atoms with Crippen molar-refractivity contribution < 1.29 is 5.11 Å². The molecule has 0 spiro atoms. The van der Waals surface area contributed by atoms with E-state index in [4.69, 9.17) is 17.0 Å². The van der Waals surface area contributed by atoms with E-state index < -0.39 is 0 Å². The van der Waals surface area contributed by atoms with Gasteiger partial charge in [0.1, 0.15) is 11.5 Å². The molecule has 0 aliphatic carbocycles. The maximum absolute atomic E-state index is 10.5. The van der Waals surface area contributed by atoms with E-state index in [2.05, 4.69) is 17.1 Å². The summed E-state index contributed by atoms with van der Waals surface area (Å²) in [6, 6.07) is 3.78. The first-order valence-corrected chi connectivity index (χ1v) is 8.85. The highest BCUT2D eigenvalue weighted by atomic mass is 35.5. The molecule has 0 amide bonds. The van der Waals surface area contributed by atoms with Crippen LogP contribution in [-0.4, -0.2) is 22.4 Å². The molecule has 0 atom stereocenters. The second kappa shape index (κ2) is 10.7. The van der Waals surface area contributed by atoms with Crippen molar-refractivity contribution in [3.8, 4) is 5.75 Å². The fourth-order valence-electron chi connectivity index (χ4n) is 2.00. The Balaban J connectivity index is 0.00000277. The van der Waals surface area contributed by atoms with E-state index in [1.165, 1.54) is 6.08 Å². The number of nitrogens with zero attached hydrogens (tertiary/aromatic N) is 1. The van der Waals surface area contributed by atoms with Gasteiger partial charge in [0.2, 0.25) is 0 Å². The third-order valence-corrected chi connectivity index (χ3v) is 3.38. The Labute approximate surface area is 156 Å². The standard InChI is InChI=1S/C18H24ClN3O.C2H6/c1-6-14(20)15(8-7-9-19)21-22-16-11-12(2)10-13(17(16)23)18(3,4)5;1-2/h6-8,10-11,20,22-23H,1,9H2,2-5H3;1-2H3/b8-7-,20-14?,21-15-;. The minimum Gasteiger partial charge on any atom is -0.505 e. The van der Waals surface area contributed by atoms with Gasteiger partial charge in [-0.25, -0.2) is 0 Å². The number of aryl methyl sites for hydroxylation is 1. The van der Waals surface area contributed by atoms with E-state index in [9.17, 15) is 5.11 Å². The minimum atomic E-state index is -0.189. The lowest BCUT2D eigenvalue weighted by Crippen LogP contribution is -2.13. The molecule has 25 heavy (non-hydrogen) atoms. The number of halogens is 1. The molecule has 138 valence electrons. The topological polar surface area (TPSA) is 68.5 Å². The van der Waals surface area contributed by atoms with Crippen molar-refractivity contribution in [2.24, 2.45) is 5.10 Å². The fraction of sp³-hybridized carbons (Fsp3) is 0.400. The molecule has 0 unspecified atom stereocenters. The van der Waals surface area contributed by atoms with Gasteiger partial charge in [0.15, 0.2) is 0 Å². The van der Waals surface area contributed by atoms with Crippen molar-refractivity contribution in [2.75, 3.05) is 11.3 Å². The molecule has 5 heteroatoms. The van der Waals surface area contributed by atoms with E-state index in [0.717, 1.165) is 11.1 Å². The molecule has 0 saturated heterocycles. The van der Waals surface area contributed by atoms with Crippen LogP contribution >= 0.6 is 11.6 Å². The number of rotatable bonds is 6. The first-order valence-electron chi connectivity index (χ1n) is 8.32. The predicted molar refractivity (Wildman–Crippen MR) is 112 cm³/mol. The minimum absolute atomic E-state index is 0.164. The molecule has 0 aliphatic rings. The number of benzene rings is 1. The molecule has 1 aromatic rings. The van der Waals surface area contributed by atoms with Gasteiger partial charge in [-0.3, -0.25) is 10.8 Å². The van der Waals surface area contributed by atoms with E-state index in [-0.39, 0.29) is 16.9 Å². The number of nitrogens with one attached hydrogen (secondary N) is 2. The molecule has 1 aromatic carbocycles. The zero-order valence-electron chi connectivity index (χ0n) is 16.1. The average Bonchev–Trinajstić information content (AvgIpc) is 2.57. The Morgan fingerprint density at radius 2 is 1.96 bits per heavy atom. The van der Waals surface area contributed by atoms with Gasteiger partial charge in [0.25, 0.3) is 0 Å². The molecule has 0 aliphatic heterocycles. The highest BCUT2D eigenvalue weighted by Crippen LogP contribution is 2.37. The second-order valence-electron chi connectivity index (χ2n) is 6.24. The quantitative estimate of drug-likeness (QED) is 0.259. The first kappa shape index (κ1) is 22.9. The Hall–Kier alpha value is -2.07. The average molecular weight is 364 g/mol. The van der Waals surface area contributed by atoms with Crippen LogP contribution in [0.4, 0.5) is 5.69 Å². The van der Waals surface area contributed by atoms with Crippen molar-refractivity contribution in [1.29, 1.82) is 5.41 Å². The van der Waals surface area contributed by atoms with Gasteiger partial charge in [-0.05, 0) is 36.1 Å². The summed E-state index contributed by atoms with van der Waals surface area (Å²) in [7, 11) is 0. The van der Waals surface area contributed by atoms with Crippen molar-refractivity contribution in [2.45, 2.75) is 47.0 Å². The smallest absolute Gasteiger partial charge is 0.144 e. The van der Waals surface area contributed by atoms with Crippen LogP contribution < -0.4 is 5.43 Å². The third kappa shape index (κ3) is 7.14. The fourth-order valence-corrected chi connectivity index (χ4v) is 2.09. The number of phenolic OH excluding ortho intramolecular Hbond substituents is 1. The predicted octanol–water partition coefficient (Wildman–Crippen LogP) is 5.79. The molecule has 3 N–H and O–H groups in total. The molecule has 0 heterocycles. The molecule has 1 rings (SSSR count). The molecule has 0 saturated carbocycles. The summed E-state index contributed by atoms with van der Waals surface area (Å²) in [5.74, 6) is 0.491. The van der Waals surface area contributed by atoms with Crippen molar-refractivity contribution in [3.05, 3.63) is 48.1 Å². The van der Waals surface area contributed by atoms with Gasteiger partial charge in [-0.1, -0.05) is 53.3 Å². The Bertz CT molecular complexity index is 656. The SMILES string of the molecule is C=CC(=N)C(/C=C\CCl)=N\Nc1cc(C)cc(C(C)(C)C)c1O.CC. The molecule has 0 fully saturated rings. The molecular formula is C20H30ClN3O. The van der Waals surface area contributed by atoms with E-state index in [0.29, 0.717) is 17.3 Å². The zero-order valence-corrected chi connectivity index (χ0v) is 16.8. The summed E-state index contributed by atoms with van der Waals surface area (Å²) in [6.45, 7) is 15.7. The molecule has 0 radical (unpaired) electrons. The van der Waals surface area contributed by atoms with Gasteiger partial charge in [0, 0.05) is 11.4 Å². The second-order valence-corrected chi connectivity index (χ2v) is 6.55. The van der Waals surface area contributed by atoms with Gasteiger partial charge >= 0.3 is 0 Å². The van der Waals surface area contributed by atoms with Crippen LogP contribution in [0, 0.1) is 12.3 Å². The number of aromatic hydroxyl groups is 1. The van der Waals surface area contributed by atoms with Crippen LogP contribution in [0.25, 0.3) is 0 Å². The third-order valence-electron chi connectivity index (χ3n) is 3.20. The van der Waals surface area contributed by atoms with Gasteiger partial charge < -0.3 is 5.11 Å². The van der Waals surface area contributed by atoms with E-state index >= 15 is 0 Å². The number of anilines is 1. The number of hydrogen-bond donors (Lipinski definition) is 3. The molecule has 0 aromatic heterocycles. The Kier molecular flexibility index (Phi) is 9.84. The lowest BCUT2D eigenvalue weighted by molar-refractivity contribution is 0.448. The maximum Gasteiger partial charge on any atom is 0.144 e. The highest BCUT2D eigenvalue weighted by Gasteiger charge is 2.20. The van der Waals surface area contributed by atoms with E-state index in [1.54, 1.807) is 12.2 Å². The molecule has 0 bridgehead atoms. The normalized spacial score (nSPS) is 11.7. The van der Waals surface area contributed by atoms with Crippen molar-refractivity contribution >= 4 is 28.7 Å². The van der Waals surface area contributed by atoms with Crippen LogP contribution in [0.5, 0.6) is 5.75 Å². The monoisotopic (exact) mass is 363 g/mol. The lowest BCUT2D eigenvalue weighted by atomic mass is 9.85. The maximum atomic E-state index is 10.5. The number of allylic oxidation sites excluding steroid dienone is 3. The Morgan fingerprint density at radius 1 is 1.36 bits per heavy atom. The summed E-state index contributed by atoms with van der Waals surface area (Å²) in [5, 5.41) is 22.5. The zero-order chi connectivity index (χ0) is 19.6. The summed E-state index contributed by atoms with van der Waals surface area (Å²) in [6.07, 6.45) is 4.73. The lowest BCUT2D eigenvalue weighted by Gasteiger charge is -2.22. The van der Waals surface area contributed by atoms with Crippen LogP contribution in [0.3, 0.4) is 0 Å². The first-order chi connectivity index (χ1) is 11.7. The summed E-state index contributed by atoms with van der Waals surface area (Å²) < 4.78 is 0. The van der Waals surface area contributed by atoms with E-state index in [1.807, 2.05) is 53.7 Å². The van der Waals surface area contributed by atoms with Gasteiger partial charge in [0.05, 0.1) is 11.4 Å². The van der Waals surface area contributed by atoms with Crippen molar-refractivity contribution in [1.82, 2.24) is 0 Å². The van der Waals surface area contributed by atoms with Gasteiger partial charge in [-0.15, -0.1) is 11.6 Å². The van der Waals surface area contributed by atoms with Gasteiger partial charge in [-0.2, -0.15) is 5.10 Å². The number of hydrogen-bond acceptors (Lipinski definition) is 4. The summed E-state index contributed by atoms with van der Waals surface area (Å²) >= 11 is 5.63. The van der Waals surface area contributed by atoms with Crippen LogP contribution in [0.2, 0.25) is 0 Å². The summed E-state index contributed by atoms with van der Waals surface area (Å²) in [4.78, 5) is 0. The largest absolute Gasteiger partial charge is 0.505 e. The molecular weight excluding hydrogens is 334 g/mol. The number of hydrazone groups is 1.